The van der Waals surface area contributed by atoms with E-state index in [2.05, 4.69) is 18.2 Å². The fourth-order valence-corrected chi connectivity index (χ4v) is 1.98. The molecule has 0 aliphatic carbocycles. The monoisotopic (exact) mass is 258 g/mol. The molecule has 1 atom stereocenters. The lowest BCUT2D eigenvalue weighted by molar-refractivity contribution is -0.138. The Labute approximate surface area is 115 Å². The summed E-state index contributed by atoms with van der Waals surface area (Å²) in [5.41, 5.74) is 0.886. The summed E-state index contributed by atoms with van der Waals surface area (Å²) in [4.78, 5) is 11.3. The Morgan fingerprint density at radius 2 is 1.74 bits per heavy atom. The van der Waals surface area contributed by atoms with Crippen molar-refractivity contribution in [2.75, 3.05) is 0 Å². The van der Waals surface area contributed by atoms with E-state index in [0.29, 0.717) is 6.42 Å². The number of carbonyl (C=O) groups is 1. The van der Waals surface area contributed by atoms with E-state index in [0.717, 1.165) is 24.8 Å². The van der Waals surface area contributed by atoms with Crippen LogP contribution in [0.4, 0.5) is 0 Å². The van der Waals surface area contributed by atoms with E-state index in [-0.39, 0.29) is 0 Å². The smallest absolute Gasteiger partial charge is 0.310 e. The molecule has 2 nitrogen and oxygen atoms in total. The van der Waals surface area contributed by atoms with E-state index in [4.69, 9.17) is 0 Å². The van der Waals surface area contributed by atoms with E-state index in [1.807, 2.05) is 43.3 Å². The topological polar surface area (TPSA) is 37.3 Å². The summed E-state index contributed by atoms with van der Waals surface area (Å²) in [6.07, 6.45) is 11.9. The summed E-state index contributed by atoms with van der Waals surface area (Å²) in [6, 6.07) is 9.45. The molecule has 1 N–H and O–H groups in total. The summed E-state index contributed by atoms with van der Waals surface area (Å²) in [7, 11) is 0. The molecule has 1 rings (SSSR count). The van der Waals surface area contributed by atoms with Crippen LogP contribution in [-0.2, 0) is 4.79 Å². The van der Waals surface area contributed by atoms with Gasteiger partial charge in [-0.25, -0.2) is 0 Å². The predicted octanol–water partition coefficient (Wildman–Crippen LogP) is 4.55. The van der Waals surface area contributed by atoms with Crippen LogP contribution in [0.5, 0.6) is 0 Å². The van der Waals surface area contributed by atoms with E-state index >= 15 is 0 Å². The fraction of sp³-hybridized carbons (Fsp3) is 0.353. The van der Waals surface area contributed by atoms with Crippen LogP contribution in [0, 0.1) is 0 Å². The van der Waals surface area contributed by atoms with E-state index in [9.17, 15) is 9.90 Å². The fourth-order valence-electron chi connectivity index (χ4n) is 1.98. The van der Waals surface area contributed by atoms with Gasteiger partial charge in [-0.3, -0.25) is 4.79 Å². The molecular formula is C17H22O2. The average molecular weight is 258 g/mol. The molecule has 0 saturated heterocycles. The van der Waals surface area contributed by atoms with Gasteiger partial charge in [-0.1, -0.05) is 54.6 Å². The van der Waals surface area contributed by atoms with Gasteiger partial charge < -0.3 is 5.11 Å². The van der Waals surface area contributed by atoms with Crippen LogP contribution in [-0.4, -0.2) is 11.1 Å². The third-order valence-corrected chi connectivity index (χ3v) is 3.02. The Hall–Kier alpha value is -1.83. The molecule has 0 fully saturated rings. The maximum Gasteiger partial charge on any atom is 0.310 e. The molecule has 102 valence electrons. The number of allylic oxidation sites excluding steroid dienone is 4. The maximum absolute atomic E-state index is 11.3. The molecule has 19 heavy (non-hydrogen) atoms. The second-order valence-electron chi connectivity index (χ2n) is 4.50. The SMILES string of the molecule is C/C=C\CCC=CCCC(C(=O)O)c1ccccc1. The number of hydrogen-bond donors (Lipinski definition) is 1. The minimum atomic E-state index is -0.742. The van der Waals surface area contributed by atoms with Crippen molar-refractivity contribution in [3.8, 4) is 0 Å². The van der Waals surface area contributed by atoms with Crippen molar-refractivity contribution in [3.05, 3.63) is 60.2 Å². The summed E-state index contributed by atoms with van der Waals surface area (Å²) >= 11 is 0. The van der Waals surface area contributed by atoms with E-state index in [1.165, 1.54) is 0 Å². The van der Waals surface area contributed by atoms with Crippen molar-refractivity contribution in [1.82, 2.24) is 0 Å². The molecule has 0 spiro atoms. The number of carboxylic acids is 1. The standard InChI is InChI=1S/C17H22O2/c1-2-3-4-5-6-7-11-14-16(17(18)19)15-12-9-8-10-13-15/h2-3,6-10,12-13,16H,4-5,11,14H2,1H3,(H,18,19)/b3-2-,7-6?. The first-order valence-corrected chi connectivity index (χ1v) is 6.79. The highest BCUT2D eigenvalue weighted by molar-refractivity contribution is 5.76. The van der Waals surface area contributed by atoms with Gasteiger partial charge >= 0.3 is 5.97 Å². The van der Waals surface area contributed by atoms with Gasteiger partial charge in [-0.15, -0.1) is 0 Å². The molecule has 0 saturated carbocycles. The molecule has 0 bridgehead atoms. The Kier molecular flexibility index (Phi) is 7.33. The molecule has 0 radical (unpaired) electrons. The molecule has 1 aromatic carbocycles. The van der Waals surface area contributed by atoms with Crippen LogP contribution in [0.25, 0.3) is 0 Å². The van der Waals surface area contributed by atoms with Crippen LogP contribution in [0.15, 0.2) is 54.6 Å². The first-order chi connectivity index (χ1) is 9.25. The average Bonchev–Trinajstić information content (AvgIpc) is 2.42. The molecular weight excluding hydrogens is 236 g/mol. The molecule has 1 aromatic rings. The van der Waals surface area contributed by atoms with Crippen LogP contribution < -0.4 is 0 Å². The Bertz CT molecular complexity index is 418. The van der Waals surface area contributed by atoms with Gasteiger partial charge in [-0.2, -0.15) is 0 Å². The van der Waals surface area contributed by atoms with Crippen LogP contribution in [0.2, 0.25) is 0 Å². The highest BCUT2D eigenvalue weighted by Gasteiger charge is 2.18. The highest BCUT2D eigenvalue weighted by Crippen LogP contribution is 2.21. The summed E-state index contributed by atoms with van der Waals surface area (Å²) in [6.45, 7) is 2.01. The van der Waals surface area contributed by atoms with Gasteiger partial charge in [0, 0.05) is 0 Å². The van der Waals surface area contributed by atoms with Gasteiger partial charge in [0.05, 0.1) is 5.92 Å². The normalized spacial score (nSPS) is 13.1. The zero-order valence-corrected chi connectivity index (χ0v) is 11.5. The quantitative estimate of drug-likeness (QED) is 0.548. The van der Waals surface area contributed by atoms with Crippen molar-refractivity contribution >= 4 is 5.97 Å². The molecule has 0 aromatic heterocycles. The van der Waals surface area contributed by atoms with Crippen molar-refractivity contribution in [3.63, 3.8) is 0 Å². The minimum absolute atomic E-state index is 0.401. The second kappa shape index (κ2) is 9.15. The van der Waals surface area contributed by atoms with Gasteiger partial charge in [0.2, 0.25) is 0 Å². The summed E-state index contributed by atoms with van der Waals surface area (Å²) < 4.78 is 0. The molecule has 2 heteroatoms. The zero-order chi connectivity index (χ0) is 13.9. The third kappa shape index (κ3) is 6.05. The van der Waals surface area contributed by atoms with Crippen LogP contribution >= 0.6 is 0 Å². The number of unbranched alkanes of at least 4 members (excludes halogenated alkanes) is 1. The predicted molar refractivity (Wildman–Crippen MR) is 79.2 cm³/mol. The second-order valence-corrected chi connectivity index (χ2v) is 4.50. The van der Waals surface area contributed by atoms with Gasteiger partial charge in [0.15, 0.2) is 0 Å². The van der Waals surface area contributed by atoms with Crippen molar-refractivity contribution in [2.24, 2.45) is 0 Å². The molecule has 0 aliphatic rings. The summed E-state index contributed by atoms with van der Waals surface area (Å²) in [5, 5.41) is 9.27. The summed E-state index contributed by atoms with van der Waals surface area (Å²) in [5.74, 6) is -1.14. The third-order valence-electron chi connectivity index (χ3n) is 3.02. The lowest BCUT2D eigenvalue weighted by atomic mass is 9.94. The number of carboxylic acid groups (broad SMARTS) is 1. The van der Waals surface area contributed by atoms with Crippen molar-refractivity contribution in [2.45, 2.75) is 38.5 Å². The minimum Gasteiger partial charge on any atom is -0.481 e. The lowest BCUT2D eigenvalue weighted by Crippen LogP contribution is -2.11. The van der Waals surface area contributed by atoms with Gasteiger partial charge in [-0.05, 0) is 38.2 Å². The van der Waals surface area contributed by atoms with E-state index < -0.39 is 11.9 Å². The zero-order valence-electron chi connectivity index (χ0n) is 11.5. The largest absolute Gasteiger partial charge is 0.481 e. The number of hydrogen-bond acceptors (Lipinski definition) is 1. The molecule has 1 unspecified atom stereocenters. The van der Waals surface area contributed by atoms with Crippen LogP contribution in [0.1, 0.15) is 44.1 Å². The van der Waals surface area contributed by atoms with Gasteiger partial charge in [0.25, 0.3) is 0 Å². The van der Waals surface area contributed by atoms with Gasteiger partial charge in [0.1, 0.15) is 0 Å². The van der Waals surface area contributed by atoms with Crippen LogP contribution in [0.3, 0.4) is 0 Å². The maximum atomic E-state index is 11.3. The Morgan fingerprint density at radius 1 is 1.11 bits per heavy atom. The highest BCUT2D eigenvalue weighted by atomic mass is 16.4. The molecule has 0 amide bonds. The first-order valence-electron chi connectivity index (χ1n) is 6.79. The Morgan fingerprint density at radius 3 is 2.37 bits per heavy atom. The van der Waals surface area contributed by atoms with Crippen molar-refractivity contribution in [1.29, 1.82) is 0 Å². The molecule has 0 heterocycles. The first kappa shape index (κ1) is 15.2. The number of aliphatic carboxylic acids is 1. The van der Waals surface area contributed by atoms with E-state index in [1.54, 1.807) is 0 Å². The lowest BCUT2D eigenvalue weighted by Gasteiger charge is -2.11. The number of benzene rings is 1. The number of rotatable bonds is 8. The molecule has 0 aliphatic heterocycles. The Balaban J connectivity index is 2.41. The van der Waals surface area contributed by atoms with Crippen molar-refractivity contribution < 1.29 is 9.90 Å².